The maximum atomic E-state index is 9.76. The van der Waals surface area contributed by atoms with E-state index in [9.17, 15) is 10.2 Å². The molecule has 2 aromatic rings. The number of piperidine rings is 2. The molecule has 2 aliphatic rings. The summed E-state index contributed by atoms with van der Waals surface area (Å²) in [6, 6.07) is 7.20. The van der Waals surface area contributed by atoms with Crippen LogP contribution in [0.25, 0.3) is 0 Å². The molecule has 11 heteroatoms. The van der Waals surface area contributed by atoms with E-state index in [2.05, 4.69) is 33.7 Å². The fourth-order valence-corrected chi connectivity index (χ4v) is 9.28. The van der Waals surface area contributed by atoms with Crippen molar-refractivity contribution in [2.24, 2.45) is 0 Å². The molecule has 0 aliphatic carbocycles. The minimum Gasteiger partial charge on any atom is -0.505 e. The van der Waals surface area contributed by atoms with Crippen LogP contribution in [0.1, 0.15) is 127 Å². The van der Waals surface area contributed by atoms with Gasteiger partial charge < -0.3 is 34.5 Å². The number of likely N-dealkylation sites (tertiary alicyclic amines) is 2. The van der Waals surface area contributed by atoms with Gasteiger partial charge in [0, 0.05) is 39.3 Å². The second-order valence-electron chi connectivity index (χ2n) is 16.5. The van der Waals surface area contributed by atoms with Gasteiger partial charge in [-0.3, -0.25) is 0 Å². The minimum atomic E-state index is -0.0348. The second kappa shape index (κ2) is 26.2. The molecule has 4 rings (SSSR count). The molecule has 0 bridgehead atoms. The van der Waals surface area contributed by atoms with E-state index < -0.39 is 0 Å². The Hall–Kier alpha value is -1.00. The highest BCUT2D eigenvalue weighted by molar-refractivity contribution is 6.37. The highest BCUT2D eigenvalue weighted by Crippen LogP contribution is 2.34. The van der Waals surface area contributed by atoms with Crippen molar-refractivity contribution in [3.8, 4) is 11.5 Å². The van der Waals surface area contributed by atoms with Crippen molar-refractivity contribution in [1.82, 2.24) is 19.6 Å². The summed E-state index contributed by atoms with van der Waals surface area (Å²) in [5, 5.41) is 20.8. The summed E-state index contributed by atoms with van der Waals surface area (Å²) in [5.74, 6) is -0.0696. The van der Waals surface area contributed by atoms with Gasteiger partial charge >= 0.3 is 0 Å². The molecule has 2 fully saturated rings. The fourth-order valence-electron chi connectivity index (χ4n) is 8.21. The van der Waals surface area contributed by atoms with Gasteiger partial charge in [-0.15, -0.1) is 0 Å². The monoisotopic (exact) mass is 842 g/mol. The number of benzene rings is 2. The summed E-state index contributed by atoms with van der Waals surface area (Å²) in [4.78, 5) is 9.93. The molecule has 2 heterocycles. The van der Waals surface area contributed by atoms with Crippen molar-refractivity contribution in [3.63, 3.8) is 0 Å². The van der Waals surface area contributed by atoms with Gasteiger partial charge in [0.2, 0.25) is 0 Å². The van der Waals surface area contributed by atoms with Gasteiger partial charge in [-0.1, -0.05) is 111 Å². The molecule has 0 aromatic heterocycles. The molecule has 0 radical (unpaired) electrons. The Balaban J connectivity index is 0.893. The lowest BCUT2D eigenvalue weighted by atomic mass is 10.0. The number of hydrogen-bond donors (Lipinski definition) is 2. The van der Waals surface area contributed by atoms with Crippen LogP contribution in [0.15, 0.2) is 24.3 Å². The number of unbranched alkanes of at least 4 members (excludes halogenated alkanes) is 12. The van der Waals surface area contributed by atoms with Crippen molar-refractivity contribution in [3.05, 3.63) is 55.5 Å². The van der Waals surface area contributed by atoms with Crippen LogP contribution >= 0.6 is 46.4 Å². The van der Waals surface area contributed by atoms with Gasteiger partial charge in [-0.25, -0.2) is 0 Å². The summed E-state index contributed by atoms with van der Waals surface area (Å²) >= 11 is 24.3. The molecule has 0 amide bonds. The highest BCUT2D eigenvalue weighted by Gasteiger charge is 2.25. The summed E-state index contributed by atoms with van der Waals surface area (Å²) < 4.78 is 6.63. The average molecular weight is 845 g/mol. The molecule has 0 unspecified atom stereocenters. The van der Waals surface area contributed by atoms with Crippen molar-refractivity contribution in [1.29, 1.82) is 0 Å². The largest absolute Gasteiger partial charge is 0.505 e. The van der Waals surface area contributed by atoms with Crippen LogP contribution in [-0.2, 0) is 17.8 Å². The molecular formula is C44H70Cl4N4O3. The lowest BCUT2D eigenvalue weighted by Gasteiger charge is -2.37. The van der Waals surface area contributed by atoms with E-state index >= 15 is 0 Å². The maximum absolute atomic E-state index is 9.76. The van der Waals surface area contributed by atoms with Crippen LogP contribution < -0.4 is 0 Å². The third-order valence-corrected chi connectivity index (χ3v) is 12.7. The maximum Gasteiger partial charge on any atom is 0.152 e. The van der Waals surface area contributed by atoms with Gasteiger partial charge in [-0.2, -0.15) is 0 Å². The number of ether oxygens (including phenoxy) is 1. The van der Waals surface area contributed by atoms with Gasteiger partial charge in [-0.05, 0) is 127 Å². The third-order valence-electron chi connectivity index (χ3n) is 11.5. The van der Waals surface area contributed by atoms with E-state index in [1.165, 1.54) is 155 Å². The Morgan fingerprint density at radius 3 is 1.13 bits per heavy atom. The molecule has 7 nitrogen and oxygen atoms in total. The zero-order valence-corrected chi connectivity index (χ0v) is 36.9. The zero-order valence-electron chi connectivity index (χ0n) is 33.9. The standard InChI is InChI=1S/C44H70Cl4N4O3/c1-49(33-35-29-39(45)43(53)40(46)30-35)21-13-9-5-3-7-11-15-23-51-25-17-37(18-26-51)55-38-19-27-52(28-20-38)24-16-12-8-4-6-10-14-22-50(2)34-36-31-41(47)44(54)42(48)32-36/h29-32,37-38,53-54H,3-28,33-34H2,1-2H3. The van der Waals surface area contributed by atoms with Crippen molar-refractivity contribution in [2.75, 3.05) is 66.5 Å². The first-order valence-electron chi connectivity index (χ1n) is 21.4. The molecule has 0 atom stereocenters. The molecule has 2 aromatic carbocycles. The smallest absolute Gasteiger partial charge is 0.152 e. The number of phenolic OH excluding ortho intramolecular Hbond substituents is 2. The Morgan fingerprint density at radius 1 is 0.509 bits per heavy atom. The second-order valence-corrected chi connectivity index (χ2v) is 18.1. The zero-order chi connectivity index (χ0) is 39.4. The quantitative estimate of drug-likeness (QED) is 0.0915. The predicted octanol–water partition coefficient (Wildman–Crippen LogP) is 11.7. The first kappa shape index (κ1) is 46.7. The highest BCUT2D eigenvalue weighted by atomic mass is 35.5. The average Bonchev–Trinajstić information content (AvgIpc) is 3.16. The van der Waals surface area contributed by atoms with E-state index in [1.807, 2.05) is 0 Å². The Morgan fingerprint density at radius 2 is 0.800 bits per heavy atom. The Kier molecular flexibility index (Phi) is 22.2. The molecule has 2 aliphatic heterocycles. The summed E-state index contributed by atoms with van der Waals surface area (Å²) in [6.45, 7) is 11.0. The SMILES string of the molecule is CN(CCCCCCCCCN1CCC(OC2CCN(CCCCCCCCCN(C)Cc3cc(Cl)c(O)c(Cl)c3)CC2)CC1)Cc1cc(Cl)c(O)c(Cl)c1. The first-order chi connectivity index (χ1) is 26.6. The minimum absolute atomic E-state index is 0.0348. The lowest BCUT2D eigenvalue weighted by Crippen LogP contribution is -2.42. The van der Waals surface area contributed by atoms with Crippen molar-refractivity contribution < 1.29 is 14.9 Å². The molecule has 312 valence electrons. The number of nitrogens with zero attached hydrogens (tertiary/aromatic N) is 4. The first-order valence-corrected chi connectivity index (χ1v) is 22.9. The Labute approximate surface area is 353 Å². The van der Waals surface area contributed by atoms with Crippen molar-refractivity contribution in [2.45, 2.75) is 141 Å². The molecule has 2 N–H and O–H groups in total. The van der Waals surface area contributed by atoms with E-state index in [1.54, 1.807) is 24.3 Å². The molecule has 0 saturated carbocycles. The van der Waals surface area contributed by atoms with Crippen LogP contribution in [0, 0.1) is 0 Å². The van der Waals surface area contributed by atoms with Gasteiger partial charge in [0.15, 0.2) is 11.5 Å². The van der Waals surface area contributed by atoms with Gasteiger partial charge in [0.1, 0.15) is 0 Å². The molecule has 55 heavy (non-hydrogen) atoms. The number of phenols is 2. The summed E-state index contributed by atoms with van der Waals surface area (Å²) in [5.41, 5.74) is 2.06. The van der Waals surface area contributed by atoms with Crippen molar-refractivity contribution >= 4 is 46.4 Å². The molecule has 2 saturated heterocycles. The van der Waals surface area contributed by atoms with E-state index in [4.69, 9.17) is 51.1 Å². The third kappa shape index (κ3) is 18.2. The molecule has 0 spiro atoms. The fraction of sp³-hybridized carbons (Fsp3) is 0.727. The number of hydrogen-bond acceptors (Lipinski definition) is 7. The Bertz CT molecular complexity index is 1220. The predicted molar refractivity (Wildman–Crippen MR) is 234 cm³/mol. The van der Waals surface area contributed by atoms with Gasteiger partial charge in [0.05, 0.1) is 32.3 Å². The molecular weight excluding hydrogens is 774 g/mol. The normalized spacial score (nSPS) is 16.6. The van der Waals surface area contributed by atoms with E-state index in [0.29, 0.717) is 32.3 Å². The number of aromatic hydroxyl groups is 2. The van der Waals surface area contributed by atoms with Gasteiger partial charge in [0.25, 0.3) is 0 Å². The number of rotatable bonds is 26. The number of halogens is 4. The topological polar surface area (TPSA) is 62.7 Å². The van der Waals surface area contributed by atoms with Crippen LogP contribution in [0.2, 0.25) is 20.1 Å². The van der Waals surface area contributed by atoms with E-state index in [-0.39, 0.29) is 11.5 Å². The van der Waals surface area contributed by atoms with Crippen LogP contribution in [0.4, 0.5) is 0 Å². The lowest BCUT2D eigenvalue weighted by molar-refractivity contribution is -0.0650. The van der Waals surface area contributed by atoms with E-state index in [0.717, 1.165) is 37.3 Å². The summed E-state index contributed by atoms with van der Waals surface area (Å²) in [6.07, 6.45) is 24.0. The van der Waals surface area contributed by atoms with Crippen LogP contribution in [-0.4, -0.2) is 108 Å². The van der Waals surface area contributed by atoms with Crippen LogP contribution in [0.5, 0.6) is 11.5 Å². The summed E-state index contributed by atoms with van der Waals surface area (Å²) in [7, 11) is 4.25. The van der Waals surface area contributed by atoms with Crippen LogP contribution in [0.3, 0.4) is 0 Å².